The van der Waals surface area contributed by atoms with Gasteiger partial charge in [0, 0.05) is 5.56 Å². The maximum Gasteiger partial charge on any atom is 0.647 e. The van der Waals surface area contributed by atoms with Crippen molar-refractivity contribution in [2.45, 2.75) is 162 Å². The minimum Gasteiger partial charge on any atom is -0.381 e. The van der Waals surface area contributed by atoms with Crippen molar-refractivity contribution in [2.24, 2.45) is 0 Å². The minimum absolute atomic E-state index is 0.602. The van der Waals surface area contributed by atoms with Crippen molar-refractivity contribution in [3.63, 3.8) is 0 Å². The molecule has 2 aliphatic rings. The van der Waals surface area contributed by atoms with Crippen molar-refractivity contribution in [3.05, 3.63) is 16.7 Å². The third-order valence-corrected chi connectivity index (χ3v) is 9.23. The Kier molecular flexibility index (Phi) is 13.0. The summed E-state index contributed by atoms with van der Waals surface area (Å²) in [5.41, 5.74) is 3.71. The fourth-order valence-corrected chi connectivity index (χ4v) is 7.13. The van der Waals surface area contributed by atoms with Crippen LogP contribution < -0.4 is 13.6 Å². The number of rotatable bonds is 22. The van der Waals surface area contributed by atoms with Crippen molar-refractivity contribution >= 4 is 7.82 Å². The van der Waals surface area contributed by atoms with Gasteiger partial charge in [0.1, 0.15) is 0 Å². The molecular weight excluding hydrogens is 467 g/mol. The van der Waals surface area contributed by atoms with Gasteiger partial charge in [-0.3, -0.25) is 0 Å². The molecule has 2 bridgehead atoms. The lowest BCUT2D eigenvalue weighted by Gasteiger charge is -2.20. The highest BCUT2D eigenvalue weighted by Gasteiger charge is 2.52. The molecule has 0 aliphatic carbocycles. The highest BCUT2D eigenvalue weighted by atomic mass is 31.2. The average Bonchev–Trinajstić information content (AvgIpc) is 3.40. The van der Waals surface area contributed by atoms with Crippen molar-refractivity contribution in [3.8, 4) is 17.2 Å². The molecule has 0 aromatic heterocycles. The van der Waals surface area contributed by atoms with Crippen LogP contribution in [-0.2, 0) is 17.4 Å². The molecule has 0 radical (unpaired) electrons. The zero-order chi connectivity index (χ0) is 25.6. The first kappa shape index (κ1) is 29.4. The standard InChI is InChI=1S/C31H53O4P/c1-4-6-8-10-12-14-16-18-20-22-24-27-26(3)29-31-30(34-36(32,33-29)35-31)28(27)25-23-21-19-17-15-13-11-9-7-5-2/h4-25H2,1-3H3. The molecule has 36 heavy (non-hydrogen) atoms. The first-order valence-electron chi connectivity index (χ1n) is 15.5. The third kappa shape index (κ3) is 8.71. The highest BCUT2D eigenvalue weighted by Crippen LogP contribution is 2.71. The van der Waals surface area contributed by atoms with Crippen LogP contribution in [0.4, 0.5) is 0 Å². The summed E-state index contributed by atoms with van der Waals surface area (Å²) in [5, 5.41) is 0. The Balaban J connectivity index is 1.43. The molecule has 0 spiro atoms. The van der Waals surface area contributed by atoms with E-state index in [1.54, 1.807) is 0 Å². The van der Waals surface area contributed by atoms with E-state index >= 15 is 0 Å². The van der Waals surface area contributed by atoms with Gasteiger partial charge in [0.05, 0.1) is 0 Å². The van der Waals surface area contributed by atoms with Crippen molar-refractivity contribution < 1.29 is 18.1 Å². The molecule has 1 unspecified atom stereocenters. The molecule has 0 amide bonds. The maximum atomic E-state index is 12.7. The van der Waals surface area contributed by atoms with E-state index in [9.17, 15) is 4.57 Å². The number of fused-ring (bicyclic) bond motifs is 1. The van der Waals surface area contributed by atoms with E-state index in [0.29, 0.717) is 11.5 Å². The number of unbranched alkanes of at least 4 members (excludes halogenated alkanes) is 18. The third-order valence-electron chi connectivity index (χ3n) is 8.01. The van der Waals surface area contributed by atoms with Crippen LogP contribution in [0, 0.1) is 6.92 Å². The first-order chi connectivity index (χ1) is 17.6. The van der Waals surface area contributed by atoms with Crippen molar-refractivity contribution in [2.75, 3.05) is 0 Å². The largest absolute Gasteiger partial charge is 0.647 e. The van der Waals surface area contributed by atoms with Gasteiger partial charge in [0.2, 0.25) is 5.75 Å². The fraction of sp³-hybridized carbons (Fsp3) is 0.806. The Morgan fingerprint density at radius 3 is 1.28 bits per heavy atom. The van der Waals surface area contributed by atoms with E-state index in [2.05, 4.69) is 20.8 Å². The zero-order valence-electron chi connectivity index (χ0n) is 23.6. The molecule has 206 valence electrons. The van der Waals surface area contributed by atoms with Crippen LogP contribution in [0.1, 0.15) is 159 Å². The number of phosphoric acid groups is 1. The second kappa shape index (κ2) is 16.0. The predicted octanol–water partition coefficient (Wildman–Crippen LogP) is 11.2. The Labute approximate surface area is 221 Å². The Hall–Kier alpha value is -1.15. The van der Waals surface area contributed by atoms with Gasteiger partial charge in [-0.05, 0) is 43.7 Å². The van der Waals surface area contributed by atoms with Gasteiger partial charge < -0.3 is 13.6 Å². The summed E-state index contributed by atoms with van der Waals surface area (Å²) >= 11 is 0. The number of hydrogen-bond acceptors (Lipinski definition) is 4. The summed E-state index contributed by atoms with van der Waals surface area (Å²) in [6.45, 7) is 6.67. The molecule has 4 nitrogen and oxygen atoms in total. The van der Waals surface area contributed by atoms with Crippen LogP contribution in [0.2, 0.25) is 0 Å². The summed E-state index contributed by atoms with van der Waals surface area (Å²) < 4.78 is 29.6. The van der Waals surface area contributed by atoms with Gasteiger partial charge in [-0.2, -0.15) is 4.57 Å². The Bertz CT molecular complexity index is 835. The van der Waals surface area contributed by atoms with Gasteiger partial charge in [0.25, 0.3) is 0 Å². The van der Waals surface area contributed by atoms with Crippen molar-refractivity contribution in [1.82, 2.24) is 0 Å². The Morgan fingerprint density at radius 1 is 0.472 bits per heavy atom. The van der Waals surface area contributed by atoms with E-state index < -0.39 is 7.82 Å². The molecule has 2 aliphatic heterocycles. The molecule has 5 heteroatoms. The normalized spacial score (nSPS) is 17.3. The van der Waals surface area contributed by atoms with Gasteiger partial charge in [-0.15, -0.1) is 0 Å². The lowest BCUT2D eigenvalue weighted by molar-refractivity contribution is 0.351. The van der Waals surface area contributed by atoms with Gasteiger partial charge in [-0.25, -0.2) is 0 Å². The monoisotopic (exact) mass is 520 g/mol. The molecule has 0 saturated heterocycles. The average molecular weight is 521 g/mol. The van der Waals surface area contributed by atoms with E-state index in [-0.39, 0.29) is 0 Å². The lowest BCUT2D eigenvalue weighted by Crippen LogP contribution is -2.07. The molecule has 0 N–H and O–H groups in total. The van der Waals surface area contributed by atoms with Crippen LogP contribution in [-0.4, -0.2) is 0 Å². The summed E-state index contributed by atoms with van der Waals surface area (Å²) in [6.07, 6.45) is 28.8. The molecule has 3 rings (SSSR count). The number of hydrogen-bond donors (Lipinski definition) is 0. The number of phosphoric ester groups is 1. The molecule has 1 atom stereocenters. The van der Waals surface area contributed by atoms with Crippen LogP contribution in [0.5, 0.6) is 17.2 Å². The zero-order valence-corrected chi connectivity index (χ0v) is 24.5. The van der Waals surface area contributed by atoms with Crippen LogP contribution >= 0.6 is 7.82 Å². The second-order valence-electron chi connectivity index (χ2n) is 11.2. The summed E-state index contributed by atoms with van der Waals surface area (Å²) in [5.74, 6) is 2.00. The SMILES string of the molecule is CCCCCCCCCCCCc1c(C)c2c3c(c1CCCCCCCCCCCC)OP(=O)(O2)O3. The lowest BCUT2D eigenvalue weighted by atomic mass is 9.91. The highest BCUT2D eigenvalue weighted by molar-refractivity contribution is 7.50. The minimum atomic E-state index is -3.44. The molecule has 0 saturated carbocycles. The van der Waals surface area contributed by atoms with E-state index in [4.69, 9.17) is 13.6 Å². The van der Waals surface area contributed by atoms with Gasteiger partial charge in [0.15, 0.2) is 11.5 Å². The van der Waals surface area contributed by atoms with Gasteiger partial charge in [-0.1, -0.05) is 129 Å². The summed E-state index contributed by atoms with van der Waals surface area (Å²) in [6, 6.07) is 0. The van der Waals surface area contributed by atoms with Gasteiger partial charge >= 0.3 is 7.82 Å². The van der Waals surface area contributed by atoms with Crippen LogP contribution in [0.25, 0.3) is 0 Å². The molecule has 2 heterocycles. The predicted molar refractivity (Wildman–Crippen MR) is 152 cm³/mol. The van der Waals surface area contributed by atoms with E-state index in [1.165, 1.54) is 133 Å². The molecular formula is C31H53O4P. The second-order valence-corrected chi connectivity index (χ2v) is 12.6. The quantitative estimate of drug-likeness (QED) is 0.113. The maximum absolute atomic E-state index is 12.7. The van der Waals surface area contributed by atoms with Crippen molar-refractivity contribution in [1.29, 1.82) is 0 Å². The van der Waals surface area contributed by atoms with E-state index in [1.807, 2.05) is 0 Å². The Morgan fingerprint density at radius 2 is 0.833 bits per heavy atom. The van der Waals surface area contributed by atoms with Crippen LogP contribution in [0.15, 0.2) is 0 Å². The smallest absolute Gasteiger partial charge is 0.381 e. The number of benzene rings is 1. The molecule has 1 aromatic carbocycles. The fourth-order valence-electron chi connectivity index (χ4n) is 5.77. The molecule has 1 aromatic rings. The van der Waals surface area contributed by atoms with Crippen LogP contribution in [0.3, 0.4) is 0 Å². The topological polar surface area (TPSA) is 44.8 Å². The van der Waals surface area contributed by atoms with E-state index in [0.717, 1.165) is 30.6 Å². The first-order valence-corrected chi connectivity index (χ1v) is 16.9. The molecule has 0 fully saturated rings. The summed E-state index contributed by atoms with van der Waals surface area (Å²) in [7, 11) is -3.44. The summed E-state index contributed by atoms with van der Waals surface area (Å²) in [4.78, 5) is 0.